The monoisotopic (exact) mass is 551 g/mol. The van der Waals surface area contributed by atoms with Gasteiger partial charge in [0.1, 0.15) is 11.6 Å². The standard InChI is InChI=1S/C27H22FN3O5S2/c1-2-13-35-19-11-7-17(8-12-19)22-21(23(32)20-4-3-14-36-20)24(33)25(34)31(22)26-29-30-27(38-26)37-15-16-5-9-18(28)10-6-16/h3-12,14,22,33H,2,13,15H2,1H3. The second-order valence-corrected chi connectivity index (χ2v) is 10.5. The summed E-state index contributed by atoms with van der Waals surface area (Å²) >= 11 is 2.54. The number of aliphatic hydroxyl groups is 1. The lowest BCUT2D eigenvalue weighted by atomic mass is 9.95. The number of furan rings is 1. The summed E-state index contributed by atoms with van der Waals surface area (Å²) in [7, 11) is 0. The summed E-state index contributed by atoms with van der Waals surface area (Å²) < 4.78 is 24.7. The molecule has 0 bridgehead atoms. The molecule has 1 unspecified atom stereocenters. The maximum Gasteiger partial charge on any atom is 0.296 e. The van der Waals surface area contributed by atoms with Gasteiger partial charge in [-0.15, -0.1) is 10.2 Å². The van der Waals surface area contributed by atoms with Crippen LogP contribution in [0.1, 0.15) is 41.1 Å². The van der Waals surface area contributed by atoms with E-state index in [2.05, 4.69) is 10.2 Å². The second-order valence-electron chi connectivity index (χ2n) is 8.33. The van der Waals surface area contributed by atoms with Crippen LogP contribution in [-0.2, 0) is 10.5 Å². The van der Waals surface area contributed by atoms with Gasteiger partial charge in [0.2, 0.25) is 10.9 Å². The highest BCUT2D eigenvalue weighted by atomic mass is 32.2. The molecule has 2 aromatic carbocycles. The summed E-state index contributed by atoms with van der Waals surface area (Å²) in [5, 5.41) is 19.5. The number of hydrogen-bond acceptors (Lipinski definition) is 9. The SMILES string of the molecule is CCCOc1ccc(C2C(C(=O)c3ccco3)=C(O)C(=O)N2c2nnc(SCc3ccc(F)cc3)s2)cc1. The molecule has 38 heavy (non-hydrogen) atoms. The van der Waals surface area contributed by atoms with Gasteiger partial charge < -0.3 is 14.3 Å². The molecule has 0 saturated carbocycles. The van der Waals surface area contributed by atoms with E-state index in [9.17, 15) is 19.1 Å². The highest BCUT2D eigenvalue weighted by Crippen LogP contribution is 2.44. The number of carbonyl (C=O) groups excluding carboxylic acids is 2. The van der Waals surface area contributed by atoms with Crippen LogP contribution < -0.4 is 9.64 Å². The topological polar surface area (TPSA) is 106 Å². The van der Waals surface area contributed by atoms with E-state index in [0.717, 1.165) is 23.3 Å². The van der Waals surface area contributed by atoms with Crippen molar-refractivity contribution in [2.45, 2.75) is 29.5 Å². The fourth-order valence-corrected chi connectivity index (χ4v) is 5.76. The first-order valence-corrected chi connectivity index (χ1v) is 13.5. The van der Waals surface area contributed by atoms with Crippen LogP contribution in [0.25, 0.3) is 0 Å². The Hall–Kier alpha value is -3.96. The average Bonchev–Trinajstić information content (AvgIpc) is 3.68. The summed E-state index contributed by atoms with van der Waals surface area (Å²) in [6, 6.07) is 15.2. The first-order valence-electron chi connectivity index (χ1n) is 11.7. The fraction of sp³-hybridized carbons (Fsp3) is 0.185. The molecule has 0 saturated heterocycles. The van der Waals surface area contributed by atoms with Crippen molar-refractivity contribution in [3.05, 3.63) is 101 Å². The Kier molecular flexibility index (Phi) is 7.57. The third kappa shape index (κ3) is 5.20. The van der Waals surface area contributed by atoms with Crippen LogP contribution in [-0.4, -0.2) is 33.6 Å². The van der Waals surface area contributed by atoms with Crippen molar-refractivity contribution < 1.29 is 28.2 Å². The zero-order chi connectivity index (χ0) is 26.6. The number of aromatic nitrogens is 2. The first kappa shape index (κ1) is 25.7. The van der Waals surface area contributed by atoms with E-state index >= 15 is 0 Å². The minimum atomic E-state index is -0.955. The molecule has 1 atom stereocenters. The average molecular weight is 552 g/mol. The minimum Gasteiger partial charge on any atom is -0.503 e. The molecule has 2 aromatic heterocycles. The molecule has 11 heteroatoms. The quantitative estimate of drug-likeness (QED) is 0.142. The van der Waals surface area contributed by atoms with Crippen molar-refractivity contribution in [3.8, 4) is 5.75 Å². The number of rotatable bonds is 10. The third-order valence-corrected chi connectivity index (χ3v) is 7.87. The Morgan fingerprint density at radius 1 is 1.16 bits per heavy atom. The van der Waals surface area contributed by atoms with Crippen molar-refractivity contribution in [1.29, 1.82) is 0 Å². The zero-order valence-electron chi connectivity index (χ0n) is 20.2. The van der Waals surface area contributed by atoms with Crippen LogP contribution >= 0.6 is 23.1 Å². The Morgan fingerprint density at radius 2 is 1.92 bits per heavy atom. The van der Waals surface area contributed by atoms with Crippen LogP contribution in [0, 0.1) is 5.82 Å². The number of aliphatic hydroxyl groups excluding tert-OH is 1. The van der Waals surface area contributed by atoms with Gasteiger partial charge in [0, 0.05) is 5.75 Å². The number of halogens is 1. The number of Topliss-reactive ketones (excluding diaryl/α,β-unsaturated/α-hetero) is 1. The molecule has 4 aromatic rings. The highest BCUT2D eigenvalue weighted by Gasteiger charge is 2.46. The van der Waals surface area contributed by atoms with Crippen LogP contribution in [0.5, 0.6) is 5.75 Å². The molecule has 1 aliphatic rings. The van der Waals surface area contributed by atoms with Gasteiger partial charge in [0.05, 0.1) is 24.5 Å². The van der Waals surface area contributed by atoms with Crippen molar-refractivity contribution in [3.63, 3.8) is 0 Å². The van der Waals surface area contributed by atoms with Gasteiger partial charge in [0.15, 0.2) is 15.9 Å². The maximum atomic E-state index is 13.3. The van der Waals surface area contributed by atoms with E-state index in [0.29, 0.717) is 28.0 Å². The van der Waals surface area contributed by atoms with Crippen molar-refractivity contribution in [2.24, 2.45) is 0 Å². The number of anilines is 1. The van der Waals surface area contributed by atoms with Gasteiger partial charge in [-0.3, -0.25) is 14.5 Å². The molecule has 194 valence electrons. The number of thioether (sulfide) groups is 1. The zero-order valence-corrected chi connectivity index (χ0v) is 21.8. The van der Waals surface area contributed by atoms with Crippen LogP contribution in [0.15, 0.2) is 87.0 Å². The molecule has 8 nitrogen and oxygen atoms in total. The lowest BCUT2D eigenvalue weighted by molar-refractivity contribution is -0.117. The molecule has 5 rings (SSSR count). The predicted octanol–water partition coefficient (Wildman–Crippen LogP) is 6.13. The maximum absolute atomic E-state index is 13.3. The van der Waals surface area contributed by atoms with Crippen LogP contribution in [0.3, 0.4) is 0 Å². The van der Waals surface area contributed by atoms with Crippen molar-refractivity contribution in [1.82, 2.24) is 10.2 Å². The summed E-state index contributed by atoms with van der Waals surface area (Å²) in [5.74, 6) is -1.17. The molecule has 1 aliphatic heterocycles. The summed E-state index contributed by atoms with van der Waals surface area (Å²) in [4.78, 5) is 27.9. The molecule has 0 spiro atoms. The normalized spacial score (nSPS) is 15.4. The summed E-state index contributed by atoms with van der Waals surface area (Å²) in [5.41, 5.74) is 1.37. The molecule has 0 aliphatic carbocycles. The van der Waals surface area contributed by atoms with Gasteiger partial charge in [-0.05, 0) is 53.9 Å². The van der Waals surface area contributed by atoms with Gasteiger partial charge in [0.25, 0.3) is 5.91 Å². The first-order chi connectivity index (χ1) is 18.5. The number of hydrogen-bond donors (Lipinski definition) is 1. The fourth-order valence-electron chi connectivity index (χ4n) is 3.94. The van der Waals surface area contributed by atoms with Gasteiger partial charge in [-0.25, -0.2) is 4.39 Å². The Labute approximate surface area is 225 Å². The van der Waals surface area contributed by atoms with Crippen molar-refractivity contribution in [2.75, 3.05) is 11.5 Å². The number of ketones is 1. The molecule has 0 fully saturated rings. The Morgan fingerprint density at radius 3 is 2.61 bits per heavy atom. The van der Waals surface area contributed by atoms with E-state index in [-0.39, 0.29) is 22.3 Å². The Bertz CT molecular complexity index is 1470. The summed E-state index contributed by atoms with van der Waals surface area (Å²) in [6.45, 7) is 2.56. The smallest absolute Gasteiger partial charge is 0.296 e. The van der Waals surface area contributed by atoms with E-state index in [1.54, 1.807) is 42.5 Å². The van der Waals surface area contributed by atoms with E-state index in [1.165, 1.54) is 41.1 Å². The second kappa shape index (κ2) is 11.2. The molecule has 1 amide bonds. The van der Waals surface area contributed by atoms with Crippen LogP contribution in [0.2, 0.25) is 0 Å². The number of nitrogens with zero attached hydrogens (tertiary/aromatic N) is 3. The van der Waals surface area contributed by atoms with Gasteiger partial charge in [-0.1, -0.05) is 54.3 Å². The van der Waals surface area contributed by atoms with E-state index in [4.69, 9.17) is 9.15 Å². The minimum absolute atomic E-state index is 0.00176. The van der Waals surface area contributed by atoms with E-state index in [1.807, 2.05) is 6.92 Å². The Balaban J connectivity index is 1.46. The lowest BCUT2D eigenvalue weighted by Crippen LogP contribution is -2.31. The molecule has 0 radical (unpaired) electrons. The number of amides is 1. The molecule has 1 N–H and O–H groups in total. The van der Waals surface area contributed by atoms with Gasteiger partial charge in [-0.2, -0.15) is 0 Å². The largest absolute Gasteiger partial charge is 0.503 e. The lowest BCUT2D eigenvalue weighted by Gasteiger charge is -2.24. The van der Waals surface area contributed by atoms with Crippen molar-refractivity contribution >= 4 is 39.9 Å². The summed E-state index contributed by atoms with van der Waals surface area (Å²) in [6.07, 6.45) is 2.20. The van der Waals surface area contributed by atoms with Crippen LogP contribution in [0.4, 0.5) is 9.52 Å². The molecular weight excluding hydrogens is 529 g/mol. The highest BCUT2D eigenvalue weighted by molar-refractivity contribution is 8.00. The van der Waals surface area contributed by atoms with E-state index < -0.39 is 23.5 Å². The number of benzene rings is 2. The third-order valence-electron chi connectivity index (χ3n) is 5.74. The molecule has 3 heterocycles. The molecular formula is C27H22FN3O5S2. The number of carbonyl (C=O) groups is 2. The van der Waals surface area contributed by atoms with Gasteiger partial charge >= 0.3 is 0 Å². The number of ether oxygens (including phenoxy) is 1. The predicted molar refractivity (Wildman–Crippen MR) is 141 cm³/mol.